The number of hydrogen-bond acceptors (Lipinski definition) is 10. The zero-order chi connectivity index (χ0) is 52.4. The molecular weight excluding hydrogens is 907 g/mol. The second kappa shape index (κ2) is 50.8. The maximum absolute atomic E-state index is 13.0. The second-order valence-electron chi connectivity index (χ2n) is 20.7. The first kappa shape index (κ1) is 67.6. The van der Waals surface area contributed by atoms with E-state index in [0.717, 1.165) is 70.6 Å². The van der Waals surface area contributed by atoms with Gasteiger partial charge in [-0.15, -0.1) is 0 Å². The van der Waals surface area contributed by atoms with Crippen LogP contribution in [0.1, 0.15) is 264 Å². The molecule has 6 N–H and O–H groups in total. The number of hydrogen-bond donors (Lipinski definition) is 6. The summed E-state index contributed by atoms with van der Waals surface area (Å²) in [6, 6.07) is -0.814. The van der Waals surface area contributed by atoms with Gasteiger partial charge in [-0.1, -0.05) is 229 Å². The van der Waals surface area contributed by atoms with Gasteiger partial charge < -0.3 is 45.1 Å². The molecule has 72 heavy (non-hydrogen) atoms. The van der Waals surface area contributed by atoms with Crippen LogP contribution in [0.5, 0.6) is 0 Å². The molecule has 0 radical (unpaired) electrons. The predicted octanol–water partition coefficient (Wildman–Crippen LogP) is 13.7. The zero-order valence-corrected chi connectivity index (χ0v) is 46.1. The Labute approximate surface area is 440 Å². The first-order valence-corrected chi connectivity index (χ1v) is 29.9. The number of allylic oxidation sites excluding steroid dienone is 6. The lowest BCUT2D eigenvalue weighted by Crippen LogP contribution is -2.60. The lowest BCUT2D eigenvalue weighted by atomic mass is 9.99. The van der Waals surface area contributed by atoms with Crippen LogP contribution in [0.25, 0.3) is 0 Å². The number of aliphatic hydroxyl groups is 5. The Kier molecular flexibility index (Phi) is 47.7. The molecule has 0 saturated carbocycles. The van der Waals surface area contributed by atoms with Crippen LogP contribution in [-0.4, -0.2) is 100 Å². The highest BCUT2D eigenvalue weighted by molar-refractivity contribution is 5.76. The molecule has 0 aromatic rings. The number of amides is 1. The quantitative estimate of drug-likeness (QED) is 0.0195. The smallest absolute Gasteiger partial charge is 0.305 e. The summed E-state index contributed by atoms with van der Waals surface area (Å²) in [5.74, 6) is -0.247. The van der Waals surface area contributed by atoms with E-state index in [1.807, 2.05) is 6.08 Å². The first-order valence-electron chi connectivity index (χ1n) is 29.9. The van der Waals surface area contributed by atoms with Crippen molar-refractivity contribution in [3.05, 3.63) is 48.6 Å². The summed E-state index contributed by atoms with van der Waals surface area (Å²) in [7, 11) is 0. The van der Waals surface area contributed by atoms with Gasteiger partial charge >= 0.3 is 5.97 Å². The molecule has 0 aromatic heterocycles. The second-order valence-corrected chi connectivity index (χ2v) is 20.7. The van der Waals surface area contributed by atoms with Gasteiger partial charge in [0.2, 0.25) is 5.91 Å². The van der Waals surface area contributed by atoms with Gasteiger partial charge in [-0.25, -0.2) is 0 Å². The molecule has 11 nitrogen and oxygen atoms in total. The molecule has 1 aliphatic heterocycles. The molecule has 1 aliphatic rings. The molecule has 1 saturated heterocycles. The monoisotopic (exact) mass is 1020 g/mol. The fourth-order valence-corrected chi connectivity index (χ4v) is 9.14. The zero-order valence-electron chi connectivity index (χ0n) is 46.1. The Hall–Kier alpha value is -2.38. The Balaban J connectivity index is 2.09. The molecule has 0 aliphatic carbocycles. The third-order valence-electron chi connectivity index (χ3n) is 13.9. The fraction of sp³-hybridized carbons (Fsp3) is 0.836. The van der Waals surface area contributed by atoms with E-state index >= 15 is 0 Å². The number of carbonyl (C=O) groups excluding carboxylic acids is 2. The standard InChI is InChI=1S/C61H111NO10/c1-3-5-7-9-11-13-15-28-31-35-39-43-47-54(64)53(52-71-61-60(69)59(68)58(67)55(51-63)72-61)62-56(65)48-44-40-36-32-29-25-23-21-19-17-16-18-20-22-24-26-30-34-38-42-46-50-70-57(66)49-45-41-37-33-27-14-12-10-8-6-4-2/h10,12,26,30,38,42-43,47,53-55,58-61,63-64,67-69H,3-9,11,13-25,27-29,31-37,39-41,44-46,48-52H2,1-2H3,(H,62,65)/b12-10-,30-26-,42-38-,47-43+. The number of ether oxygens (including phenoxy) is 3. The normalized spacial score (nSPS) is 19.3. The van der Waals surface area contributed by atoms with Gasteiger partial charge in [0.15, 0.2) is 6.29 Å². The van der Waals surface area contributed by atoms with Gasteiger partial charge in [0.25, 0.3) is 0 Å². The van der Waals surface area contributed by atoms with Crippen LogP contribution >= 0.6 is 0 Å². The Morgan fingerprint density at radius 1 is 0.514 bits per heavy atom. The largest absolute Gasteiger partial charge is 0.465 e. The van der Waals surface area contributed by atoms with E-state index in [1.54, 1.807) is 6.08 Å². The minimum atomic E-state index is -1.57. The highest BCUT2D eigenvalue weighted by Gasteiger charge is 2.44. The summed E-state index contributed by atoms with van der Waals surface area (Å²) in [6.45, 7) is 4.18. The average Bonchev–Trinajstić information content (AvgIpc) is 3.38. The predicted molar refractivity (Wildman–Crippen MR) is 297 cm³/mol. The molecule has 0 bridgehead atoms. The number of unbranched alkanes of at least 4 members (excludes halogenated alkanes) is 31. The van der Waals surface area contributed by atoms with Crippen molar-refractivity contribution in [2.24, 2.45) is 0 Å². The molecule has 1 fully saturated rings. The van der Waals surface area contributed by atoms with E-state index < -0.39 is 49.5 Å². The molecule has 0 aromatic carbocycles. The summed E-state index contributed by atoms with van der Waals surface area (Å²) in [5, 5.41) is 54.4. The van der Waals surface area contributed by atoms with Crippen LogP contribution in [-0.2, 0) is 23.8 Å². The molecule has 1 rings (SSSR count). The van der Waals surface area contributed by atoms with Gasteiger partial charge in [0, 0.05) is 12.8 Å². The lowest BCUT2D eigenvalue weighted by molar-refractivity contribution is -0.302. The van der Waals surface area contributed by atoms with E-state index in [-0.39, 0.29) is 18.5 Å². The van der Waals surface area contributed by atoms with Gasteiger partial charge in [-0.3, -0.25) is 9.59 Å². The van der Waals surface area contributed by atoms with Crippen molar-refractivity contribution >= 4 is 11.9 Å². The van der Waals surface area contributed by atoms with Crippen LogP contribution in [0, 0.1) is 0 Å². The SMILES string of the molecule is CCCC/C=C\CCCCCCCC(=O)OCC/C=C\C/C=C\CCCCCCCCCCCCCCCCC(=O)NC(COC1OC(CO)C(O)C(O)C1O)C(O)/C=C/CCCCCCCCCCCC. The van der Waals surface area contributed by atoms with Crippen molar-refractivity contribution in [3.8, 4) is 0 Å². The van der Waals surface area contributed by atoms with Crippen LogP contribution in [0.3, 0.4) is 0 Å². The minimum absolute atomic E-state index is 0.0600. The minimum Gasteiger partial charge on any atom is -0.465 e. The lowest BCUT2D eigenvalue weighted by Gasteiger charge is -2.40. The van der Waals surface area contributed by atoms with Crippen molar-refractivity contribution < 1.29 is 49.3 Å². The summed E-state index contributed by atoms with van der Waals surface area (Å²) < 4.78 is 16.6. The number of esters is 1. The van der Waals surface area contributed by atoms with Gasteiger partial charge in [-0.05, 0) is 70.6 Å². The Morgan fingerprint density at radius 3 is 1.46 bits per heavy atom. The van der Waals surface area contributed by atoms with E-state index in [0.29, 0.717) is 19.4 Å². The van der Waals surface area contributed by atoms with E-state index in [4.69, 9.17) is 14.2 Å². The average molecular weight is 1020 g/mol. The van der Waals surface area contributed by atoms with Crippen LogP contribution in [0.4, 0.5) is 0 Å². The fourth-order valence-electron chi connectivity index (χ4n) is 9.14. The topological polar surface area (TPSA) is 175 Å². The van der Waals surface area contributed by atoms with E-state index in [2.05, 4.69) is 55.6 Å². The Bertz CT molecular complexity index is 1340. The van der Waals surface area contributed by atoms with Crippen molar-refractivity contribution in [2.45, 2.75) is 307 Å². The third kappa shape index (κ3) is 40.0. The summed E-state index contributed by atoms with van der Waals surface area (Å²) >= 11 is 0. The molecule has 1 amide bonds. The van der Waals surface area contributed by atoms with Gasteiger partial charge in [0.05, 0.1) is 32.0 Å². The molecule has 7 unspecified atom stereocenters. The van der Waals surface area contributed by atoms with Crippen LogP contribution in [0.15, 0.2) is 48.6 Å². The number of rotatable bonds is 51. The van der Waals surface area contributed by atoms with E-state index in [1.165, 1.54) is 167 Å². The van der Waals surface area contributed by atoms with E-state index in [9.17, 15) is 35.1 Å². The highest BCUT2D eigenvalue weighted by Crippen LogP contribution is 2.23. The molecule has 7 atom stereocenters. The molecular formula is C61H111NO10. The summed E-state index contributed by atoms with van der Waals surface area (Å²) in [6.07, 6.45) is 53.6. The summed E-state index contributed by atoms with van der Waals surface area (Å²) in [5.41, 5.74) is 0. The van der Waals surface area contributed by atoms with Gasteiger partial charge in [-0.2, -0.15) is 0 Å². The molecule has 0 spiro atoms. The summed E-state index contributed by atoms with van der Waals surface area (Å²) in [4.78, 5) is 25.0. The maximum Gasteiger partial charge on any atom is 0.305 e. The maximum atomic E-state index is 13.0. The number of aliphatic hydroxyl groups excluding tert-OH is 5. The number of nitrogens with one attached hydrogen (secondary N) is 1. The highest BCUT2D eigenvalue weighted by atomic mass is 16.7. The van der Waals surface area contributed by atoms with Crippen LogP contribution in [0.2, 0.25) is 0 Å². The molecule has 11 heteroatoms. The van der Waals surface area contributed by atoms with Crippen molar-refractivity contribution in [3.63, 3.8) is 0 Å². The number of carbonyl (C=O) groups is 2. The van der Waals surface area contributed by atoms with Gasteiger partial charge in [0.1, 0.15) is 24.4 Å². The first-order chi connectivity index (χ1) is 35.2. The Morgan fingerprint density at radius 2 is 0.944 bits per heavy atom. The van der Waals surface area contributed by atoms with Crippen molar-refractivity contribution in [2.75, 3.05) is 19.8 Å². The molecule has 1 heterocycles. The molecule has 420 valence electrons. The van der Waals surface area contributed by atoms with Crippen molar-refractivity contribution in [1.29, 1.82) is 0 Å². The van der Waals surface area contributed by atoms with Crippen molar-refractivity contribution in [1.82, 2.24) is 5.32 Å². The van der Waals surface area contributed by atoms with Crippen LogP contribution < -0.4 is 5.32 Å². The third-order valence-corrected chi connectivity index (χ3v) is 13.9.